The number of ether oxygens (including phenoxy) is 1. The highest BCUT2D eigenvalue weighted by molar-refractivity contribution is 7.88. The minimum Gasteiger partial charge on any atom is -0.377 e. The van der Waals surface area contributed by atoms with Crippen LogP contribution in [0.4, 0.5) is 0 Å². The SMILES string of the molecule is CS(=O)(=O)N(CC(=O)NC1CC1)CC1CCCO1. The van der Waals surface area contributed by atoms with Crippen LogP contribution in [0, 0.1) is 0 Å². The molecule has 18 heavy (non-hydrogen) atoms. The van der Waals surface area contributed by atoms with Crippen LogP contribution in [-0.2, 0) is 19.6 Å². The largest absolute Gasteiger partial charge is 0.377 e. The van der Waals surface area contributed by atoms with Crippen LogP contribution in [0.5, 0.6) is 0 Å². The van der Waals surface area contributed by atoms with Gasteiger partial charge in [-0.3, -0.25) is 4.79 Å². The first kappa shape index (κ1) is 13.8. The summed E-state index contributed by atoms with van der Waals surface area (Å²) in [4.78, 5) is 11.7. The van der Waals surface area contributed by atoms with Gasteiger partial charge in [-0.1, -0.05) is 0 Å². The fourth-order valence-electron chi connectivity index (χ4n) is 1.99. The standard InChI is InChI=1S/C11H20N2O4S/c1-18(15,16)13(7-10-3-2-6-17-10)8-11(14)12-9-4-5-9/h9-10H,2-8H2,1H3,(H,12,14). The highest BCUT2D eigenvalue weighted by Crippen LogP contribution is 2.19. The van der Waals surface area contributed by atoms with Crippen molar-refractivity contribution in [1.29, 1.82) is 0 Å². The molecule has 0 spiro atoms. The third-order valence-corrected chi connectivity index (χ3v) is 4.38. The predicted octanol–water partition coefficient (Wildman–Crippen LogP) is -0.294. The van der Waals surface area contributed by atoms with Crippen molar-refractivity contribution in [2.45, 2.75) is 37.8 Å². The number of sulfonamides is 1. The zero-order valence-corrected chi connectivity index (χ0v) is 11.4. The van der Waals surface area contributed by atoms with Gasteiger partial charge in [0.25, 0.3) is 0 Å². The van der Waals surface area contributed by atoms with E-state index in [0.29, 0.717) is 6.61 Å². The molecule has 1 saturated carbocycles. The normalized spacial score (nSPS) is 24.4. The summed E-state index contributed by atoms with van der Waals surface area (Å²) in [7, 11) is -3.37. The molecule has 6 nitrogen and oxygen atoms in total. The zero-order valence-electron chi connectivity index (χ0n) is 10.6. The lowest BCUT2D eigenvalue weighted by molar-refractivity contribution is -0.121. The molecular formula is C11H20N2O4S. The van der Waals surface area contributed by atoms with Gasteiger partial charge in [0.1, 0.15) is 0 Å². The van der Waals surface area contributed by atoms with Crippen molar-refractivity contribution in [2.75, 3.05) is 26.0 Å². The summed E-state index contributed by atoms with van der Waals surface area (Å²) in [5.41, 5.74) is 0. The molecule has 1 heterocycles. The van der Waals surface area contributed by atoms with Gasteiger partial charge in [-0.25, -0.2) is 8.42 Å². The number of nitrogens with zero attached hydrogens (tertiary/aromatic N) is 1. The van der Waals surface area contributed by atoms with Gasteiger partial charge in [0.05, 0.1) is 18.9 Å². The van der Waals surface area contributed by atoms with E-state index < -0.39 is 10.0 Å². The minimum atomic E-state index is -3.37. The van der Waals surface area contributed by atoms with E-state index in [0.717, 1.165) is 31.9 Å². The van der Waals surface area contributed by atoms with E-state index in [-0.39, 0.29) is 31.1 Å². The first-order valence-electron chi connectivity index (χ1n) is 6.31. The molecule has 1 amide bonds. The summed E-state index contributed by atoms with van der Waals surface area (Å²) in [6.07, 6.45) is 4.86. The smallest absolute Gasteiger partial charge is 0.235 e. The van der Waals surface area contributed by atoms with Gasteiger partial charge in [-0.15, -0.1) is 0 Å². The molecule has 1 saturated heterocycles. The van der Waals surface area contributed by atoms with Crippen molar-refractivity contribution in [1.82, 2.24) is 9.62 Å². The van der Waals surface area contributed by atoms with Crippen molar-refractivity contribution in [3.05, 3.63) is 0 Å². The molecular weight excluding hydrogens is 256 g/mol. The molecule has 0 aromatic heterocycles. The van der Waals surface area contributed by atoms with Crippen molar-refractivity contribution < 1.29 is 17.9 Å². The maximum Gasteiger partial charge on any atom is 0.235 e. The summed E-state index contributed by atoms with van der Waals surface area (Å²) in [5.74, 6) is -0.221. The average molecular weight is 276 g/mol. The van der Waals surface area contributed by atoms with Gasteiger partial charge in [0.2, 0.25) is 15.9 Å². The number of hydrogen-bond donors (Lipinski definition) is 1. The fourth-order valence-corrected chi connectivity index (χ4v) is 2.78. The Labute approximate surface area is 108 Å². The number of nitrogens with one attached hydrogen (secondary N) is 1. The van der Waals surface area contributed by atoms with E-state index in [1.165, 1.54) is 4.31 Å². The molecule has 2 aliphatic rings. The first-order valence-corrected chi connectivity index (χ1v) is 8.16. The molecule has 0 radical (unpaired) electrons. The van der Waals surface area contributed by atoms with Crippen molar-refractivity contribution in [3.63, 3.8) is 0 Å². The van der Waals surface area contributed by atoms with E-state index in [9.17, 15) is 13.2 Å². The van der Waals surface area contributed by atoms with E-state index in [1.807, 2.05) is 0 Å². The minimum absolute atomic E-state index is 0.0755. The lowest BCUT2D eigenvalue weighted by Gasteiger charge is -2.22. The molecule has 7 heteroatoms. The molecule has 1 aliphatic carbocycles. The van der Waals surface area contributed by atoms with E-state index in [4.69, 9.17) is 4.74 Å². The van der Waals surface area contributed by atoms with Crippen LogP contribution in [0.25, 0.3) is 0 Å². The Morgan fingerprint density at radius 1 is 1.39 bits per heavy atom. The quantitative estimate of drug-likeness (QED) is 0.723. The van der Waals surface area contributed by atoms with Crippen LogP contribution >= 0.6 is 0 Å². The predicted molar refractivity (Wildman–Crippen MR) is 66.6 cm³/mol. The van der Waals surface area contributed by atoms with Gasteiger partial charge in [-0.05, 0) is 25.7 Å². The lowest BCUT2D eigenvalue weighted by atomic mass is 10.2. The number of amides is 1. The molecule has 2 rings (SSSR count). The average Bonchev–Trinajstić information content (AvgIpc) is 2.91. The summed E-state index contributed by atoms with van der Waals surface area (Å²) >= 11 is 0. The highest BCUT2D eigenvalue weighted by atomic mass is 32.2. The molecule has 1 N–H and O–H groups in total. The topological polar surface area (TPSA) is 75.7 Å². The Kier molecular flexibility index (Phi) is 4.24. The second-order valence-corrected chi connectivity index (χ2v) is 7.01. The zero-order chi connectivity index (χ0) is 13.2. The molecule has 104 valence electrons. The van der Waals surface area contributed by atoms with Gasteiger partial charge in [-0.2, -0.15) is 4.31 Å². The maximum atomic E-state index is 11.7. The molecule has 1 unspecified atom stereocenters. The fraction of sp³-hybridized carbons (Fsp3) is 0.909. The monoisotopic (exact) mass is 276 g/mol. The van der Waals surface area contributed by atoms with Gasteiger partial charge in [0.15, 0.2) is 0 Å². The summed E-state index contributed by atoms with van der Waals surface area (Å²) < 4.78 is 29.9. The summed E-state index contributed by atoms with van der Waals surface area (Å²) in [6, 6.07) is 0.252. The van der Waals surface area contributed by atoms with Crippen molar-refractivity contribution in [2.24, 2.45) is 0 Å². The number of carbonyl (C=O) groups excluding carboxylic acids is 1. The van der Waals surface area contributed by atoms with Gasteiger partial charge in [0, 0.05) is 19.2 Å². The second kappa shape index (κ2) is 5.54. The van der Waals surface area contributed by atoms with Crippen LogP contribution in [0.3, 0.4) is 0 Å². The van der Waals surface area contributed by atoms with Gasteiger partial charge >= 0.3 is 0 Å². The molecule has 2 fully saturated rings. The van der Waals surface area contributed by atoms with Crippen LogP contribution < -0.4 is 5.32 Å². The number of hydrogen-bond acceptors (Lipinski definition) is 4. The van der Waals surface area contributed by atoms with Crippen LogP contribution in [-0.4, -0.2) is 56.7 Å². The first-order chi connectivity index (χ1) is 8.45. The third kappa shape index (κ3) is 4.22. The highest BCUT2D eigenvalue weighted by Gasteiger charge is 2.29. The maximum absolute atomic E-state index is 11.7. The summed E-state index contributed by atoms with van der Waals surface area (Å²) in [6.45, 7) is 0.850. The summed E-state index contributed by atoms with van der Waals surface area (Å²) in [5, 5.41) is 2.80. The molecule has 0 aromatic carbocycles. The van der Waals surface area contributed by atoms with Crippen LogP contribution in [0.1, 0.15) is 25.7 Å². The Balaban J connectivity index is 1.89. The van der Waals surface area contributed by atoms with Crippen molar-refractivity contribution >= 4 is 15.9 Å². The van der Waals surface area contributed by atoms with E-state index in [2.05, 4.69) is 5.32 Å². The molecule has 0 aromatic rings. The van der Waals surface area contributed by atoms with E-state index in [1.54, 1.807) is 0 Å². The van der Waals surface area contributed by atoms with Crippen LogP contribution in [0.15, 0.2) is 0 Å². The lowest BCUT2D eigenvalue weighted by Crippen LogP contribution is -2.44. The van der Waals surface area contributed by atoms with Crippen LogP contribution in [0.2, 0.25) is 0 Å². The molecule has 1 aliphatic heterocycles. The Hall–Kier alpha value is -0.660. The molecule has 1 atom stereocenters. The molecule has 0 bridgehead atoms. The Bertz CT molecular complexity index is 399. The Morgan fingerprint density at radius 3 is 2.61 bits per heavy atom. The van der Waals surface area contributed by atoms with E-state index >= 15 is 0 Å². The third-order valence-electron chi connectivity index (χ3n) is 3.16. The van der Waals surface area contributed by atoms with Gasteiger partial charge < -0.3 is 10.1 Å². The Morgan fingerprint density at radius 2 is 2.11 bits per heavy atom. The number of rotatable bonds is 6. The van der Waals surface area contributed by atoms with Crippen molar-refractivity contribution in [3.8, 4) is 0 Å². The second-order valence-electron chi connectivity index (χ2n) is 5.03. The number of carbonyl (C=O) groups is 1.